The molecule has 3 rings (SSSR count). The van der Waals surface area contributed by atoms with Gasteiger partial charge in [0.1, 0.15) is 12.4 Å². The lowest BCUT2D eigenvalue weighted by atomic mass is 10.2. The van der Waals surface area contributed by atoms with Crippen LogP contribution in [0.25, 0.3) is 0 Å². The van der Waals surface area contributed by atoms with E-state index in [4.69, 9.17) is 4.74 Å². The quantitative estimate of drug-likeness (QED) is 0.844. The fourth-order valence-electron chi connectivity index (χ4n) is 3.15. The Morgan fingerprint density at radius 2 is 2.19 bits per heavy atom. The Labute approximate surface area is 157 Å². The van der Waals surface area contributed by atoms with Crippen LogP contribution in [0.4, 0.5) is 5.82 Å². The summed E-state index contributed by atoms with van der Waals surface area (Å²) in [4.78, 5) is 32.6. The minimum Gasteiger partial charge on any atom is -0.375 e. The molecule has 1 aliphatic rings. The molecule has 0 unspecified atom stereocenters. The molecule has 0 saturated carbocycles. The molecule has 0 radical (unpaired) electrons. The monoisotopic (exact) mass is 373 g/mol. The van der Waals surface area contributed by atoms with Crippen molar-refractivity contribution in [2.45, 2.75) is 32.2 Å². The Hall–Kier alpha value is -2.25. The lowest BCUT2D eigenvalue weighted by Crippen LogP contribution is -2.32. The number of carbonyl (C=O) groups excluding carboxylic acids is 2. The van der Waals surface area contributed by atoms with Gasteiger partial charge in [-0.2, -0.15) is 0 Å². The first kappa shape index (κ1) is 18.5. The van der Waals surface area contributed by atoms with Crippen molar-refractivity contribution in [3.05, 3.63) is 45.8 Å². The second-order valence-electron chi connectivity index (χ2n) is 6.20. The molecule has 0 aliphatic carbocycles. The Morgan fingerprint density at radius 1 is 1.35 bits per heavy atom. The number of likely N-dealkylation sites (tertiary alicyclic amines) is 1. The molecule has 3 heterocycles. The molecule has 2 aromatic rings. The van der Waals surface area contributed by atoms with Crippen LogP contribution in [0.15, 0.2) is 30.3 Å². The van der Waals surface area contributed by atoms with E-state index in [1.807, 2.05) is 36.1 Å². The number of aryl methyl sites for hydroxylation is 1. The fourth-order valence-corrected chi connectivity index (χ4v) is 4.20. The van der Waals surface area contributed by atoms with Crippen LogP contribution >= 0.6 is 11.3 Å². The van der Waals surface area contributed by atoms with Crippen molar-refractivity contribution in [3.63, 3.8) is 0 Å². The average molecular weight is 373 g/mol. The van der Waals surface area contributed by atoms with Gasteiger partial charge in [0, 0.05) is 24.2 Å². The van der Waals surface area contributed by atoms with Gasteiger partial charge in [-0.15, -0.1) is 11.3 Å². The molecule has 1 saturated heterocycles. The molecule has 1 atom stereocenters. The molecule has 26 heavy (non-hydrogen) atoms. The normalized spacial score (nSPS) is 16.7. The molecule has 0 aromatic carbocycles. The number of rotatable bonds is 6. The number of aromatic nitrogens is 1. The SMILES string of the molecule is CCc1cccc(NC(=O)c2ccc([C@@H]3CCCN3C(=O)COC)s2)n1. The average Bonchev–Trinajstić information content (AvgIpc) is 3.31. The van der Waals surface area contributed by atoms with Gasteiger partial charge < -0.3 is 15.0 Å². The van der Waals surface area contributed by atoms with E-state index in [1.54, 1.807) is 6.07 Å². The zero-order chi connectivity index (χ0) is 18.5. The summed E-state index contributed by atoms with van der Waals surface area (Å²) < 4.78 is 4.97. The van der Waals surface area contributed by atoms with E-state index >= 15 is 0 Å². The maximum atomic E-state index is 12.5. The van der Waals surface area contributed by atoms with Gasteiger partial charge in [0.2, 0.25) is 5.91 Å². The van der Waals surface area contributed by atoms with Gasteiger partial charge in [0.15, 0.2) is 0 Å². The van der Waals surface area contributed by atoms with Gasteiger partial charge in [-0.3, -0.25) is 9.59 Å². The van der Waals surface area contributed by atoms with Crippen molar-refractivity contribution in [2.24, 2.45) is 0 Å². The van der Waals surface area contributed by atoms with Gasteiger partial charge in [-0.1, -0.05) is 13.0 Å². The topological polar surface area (TPSA) is 71.5 Å². The summed E-state index contributed by atoms with van der Waals surface area (Å²) in [5.41, 5.74) is 0.938. The number of amides is 2. The zero-order valence-electron chi connectivity index (χ0n) is 15.0. The van der Waals surface area contributed by atoms with E-state index in [-0.39, 0.29) is 24.5 Å². The number of hydrogen-bond donors (Lipinski definition) is 1. The summed E-state index contributed by atoms with van der Waals surface area (Å²) in [7, 11) is 1.53. The van der Waals surface area contributed by atoms with Gasteiger partial charge in [-0.05, 0) is 43.5 Å². The molecule has 7 heteroatoms. The van der Waals surface area contributed by atoms with Crippen LogP contribution in [0.1, 0.15) is 46.0 Å². The van der Waals surface area contributed by atoms with Gasteiger partial charge in [-0.25, -0.2) is 4.98 Å². The van der Waals surface area contributed by atoms with Crippen LogP contribution in [-0.4, -0.2) is 42.0 Å². The number of methoxy groups -OCH3 is 1. The number of ether oxygens (including phenoxy) is 1. The molecule has 0 bridgehead atoms. The highest BCUT2D eigenvalue weighted by molar-refractivity contribution is 7.14. The molecule has 0 spiro atoms. The second kappa shape index (κ2) is 8.42. The van der Waals surface area contributed by atoms with Crippen LogP contribution in [-0.2, 0) is 16.0 Å². The van der Waals surface area contributed by atoms with E-state index in [1.165, 1.54) is 18.4 Å². The van der Waals surface area contributed by atoms with Gasteiger partial charge in [0.25, 0.3) is 5.91 Å². The van der Waals surface area contributed by atoms with E-state index < -0.39 is 0 Å². The third-order valence-electron chi connectivity index (χ3n) is 4.43. The van der Waals surface area contributed by atoms with E-state index in [0.717, 1.165) is 36.4 Å². The van der Waals surface area contributed by atoms with Crippen molar-refractivity contribution < 1.29 is 14.3 Å². The van der Waals surface area contributed by atoms with Crippen molar-refractivity contribution >= 4 is 29.0 Å². The van der Waals surface area contributed by atoms with E-state index in [2.05, 4.69) is 10.3 Å². The molecule has 138 valence electrons. The minimum absolute atomic E-state index is 0.00465. The Kier molecular flexibility index (Phi) is 6.00. The van der Waals surface area contributed by atoms with Gasteiger partial charge in [0.05, 0.1) is 10.9 Å². The van der Waals surface area contributed by atoms with Crippen LogP contribution < -0.4 is 5.32 Å². The molecule has 1 N–H and O–H groups in total. The van der Waals surface area contributed by atoms with Crippen LogP contribution in [0.2, 0.25) is 0 Å². The number of pyridine rings is 1. The zero-order valence-corrected chi connectivity index (χ0v) is 15.8. The standard InChI is InChI=1S/C19H23N3O3S/c1-3-13-6-4-8-17(20-13)21-19(24)16-10-9-15(26-16)14-7-5-11-22(14)18(23)12-25-2/h4,6,8-10,14H,3,5,7,11-12H2,1-2H3,(H,20,21,24)/t14-/m0/s1. The smallest absolute Gasteiger partial charge is 0.266 e. The first-order chi connectivity index (χ1) is 12.6. The van der Waals surface area contributed by atoms with Gasteiger partial charge >= 0.3 is 0 Å². The predicted octanol–water partition coefficient (Wildman–Crippen LogP) is 3.27. The van der Waals surface area contributed by atoms with E-state index in [0.29, 0.717) is 10.7 Å². The number of nitrogens with zero attached hydrogens (tertiary/aromatic N) is 2. The summed E-state index contributed by atoms with van der Waals surface area (Å²) in [5.74, 6) is 0.381. The molecule has 6 nitrogen and oxygen atoms in total. The number of thiophene rings is 1. The number of carbonyl (C=O) groups is 2. The first-order valence-corrected chi connectivity index (χ1v) is 9.59. The molecular formula is C19H23N3O3S. The lowest BCUT2D eigenvalue weighted by molar-refractivity contribution is -0.136. The summed E-state index contributed by atoms with van der Waals surface area (Å²) in [6.07, 6.45) is 2.70. The largest absolute Gasteiger partial charge is 0.375 e. The Morgan fingerprint density at radius 3 is 2.96 bits per heavy atom. The summed E-state index contributed by atoms with van der Waals surface area (Å²) in [6, 6.07) is 9.40. The number of hydrogen-bond acceptors (Lipinski definition) is 5. The lowest BCUT2D eigenvalue weighted by Gasteiger charge is -2.23. The summed E-state index contributed by atoms with van der Waals surface area (Å²) in [6.45, 7) is 2.85. The summed E-state index contributed by atoms with van der Waals surface area (Å²) in [5, 5.41) is 2.85. The molecule has 1 aliphatic heterocycles. The van der Waals surface area contributed by atoms with E-state index in [9.17, 15) is 9.59 Å². The summed E-state index contributed by atoms with van der Waals surface area (Å²) >= 11 is 1.43. The van der Waals surface area contributed by atoms with Crippen molar-refractivity contribution in [1.82, 2.24) is 9.88 Å². The third kappa shape index (κ3) is 4.11. The molecule has 2 aromatic heterocycles. The van der Waals surface area contributed by atoms with Crippen LogP contribution in [0.3, 0.4) is 0 Å². The highest BCUT2D eigenvalue weighted by Gasteiger charge is 2.31. The second-order valence-corrected chi connectivity index (χ2v) is 7.32. The number of nitrogens with one attached hydrogen (secondary N) is 1. The Bertz CT molecular complexity index is 790. The molecule has 1 fully saturated rings. The number of anilines is 1. The third-order valence-corrected chi connectivity index (χ3v) is 5.62. The fraction of sp³-hybridized carbons (Fsp3) is 0.421. The highest BCUT2D eigenvalue weighted by atomic mass is 32.1. The maximum Gasteiger partial charge on any atom is 0.266 e. The highest BCUT2D eigenvalue weighted by Crippen LogP contribution is 2.36. The molecular weight excluding hydrogens is 350 g/mol. The van der Waals surface area contributed by atoms with Crippen LogP contribution in [0, 0.1) is 0 Å². The predicted molar refractivity (Wildman–Crippen MR) is 101 cm³/mol. The Balaban J connectivity index is 1.70. The van der Waals surface area contributed by atoms with Crippen molar-refractivity contribution in [1.29, 1.82) is 0 Å². The maximum absolute atomic E-state index is 12.5. The van der Waals surface area contributed by atoms with Crippen molar-refractivity contribution in [3.8, 4) is 0 Å². The van der Waals surface area contributed by atoms with Crippen LogP contribution in [0.5, 0.6) is 0 Å². The first-order valence-electron chi connectivity index (χ1n) is 8.77. The van der Waals surface area contributed by atoms with Crippen molar-refractivity contribution in [2.75, 3.05) is 25.6 Å². The molecule has 2 amide bonds. The minimum atomic E-state index is -0.172.